The molecular formula is C16H16O4. The summed E-state index contributed by atoms with van der Waals surface area (Å²) in [7, 11) is 0. The summed E-state index contributed by atoms with van der Waals surface area (Å²) < 4.78 is 5.60. The Labute approximate surface area is 116 Å². The van der Waals surface area contributed by atoms with Crippen molar-refractivity contribution in [3.05, 3.63) is 70.4 Å². The first-order valence-electron chi connectivity index (χ1n) is 6.31. The number of benzene rings is 1. The summed E-state index contributed by atoms with van der Waals surface area (Å²) in [6, 6.07) is 14.7. The maximum Gasteiger partial charge on any atom is 0.220 e. The summed E-state index contributed by atoms with van der Waals surface area (Å²) in [4.78, 5) is 11.3. The van der Waals surface area contributed by atoms with Crippen molar-refractivity contribution >= 4 is 0 Å². The van der Waals surface area contributed by atoms with Crippen molar-refractivity contribution < 1.29 is 14.9 Å². The molecule has 0 amide bonds. The molecule has 0 aliphatic heterocycles. The summed E-state index contributed by atoms with van der Waals surface area (Å²) in [6.07, 6.45) is -1.26. The van der Waals surface area contributed by atoms with Gasteiger partial charge in [-0.15, -0.1) is 0 Å². The molecule has 0 saturated heterocycles. The highest BCUT2D eigenvalue weighted by Gasteiger charge is 2.17. The summed E-state index contributed by atoms with van der Waals surface area (Å²) in [5.41, 5.74) is 0.281. The molecule has 4 nitrogen and oxygen atoms in total. The van der Waals surface area contributed by atoms with E-state index in [1.165, 1.54) is 24.3 Å². The number of hydrogen-bond acceptors (Lipinski definition) is 4. The van der Waals surface area contributed by atoms with E-state index in [2.05, 4.69) is 0 Å². The van der Waals surface area contributed by atoms with Gasteiger partial charge in [0.2, 0.25) is 5.43 Å². The van der Waals surface area contributed by atoms with Crippen molar-refractivity contribution in [3.8, 4) is 11.5 Å². The molecule has 2 aromatic carbocycles. The van der Waals surface area contributed by atoms with Crippen LogP contribution in [0, 0.1) is 0 Å². The number of aromatic hydroxyl groups is 1. The Hall–Kier alpha value is -2.33. The van der Waals surface area contributed by atoms with Crippen LogP contribution in [0.15, 0.2) is 59.4 Å². The number of rotatable bonds is 4. The largest absolute Gasteiger partial charge is 0.504 e. The molecule has 0 aromatic heterocycles. The molecule has 2 rings (SSSR count). The van der Waals surface area contributed by atoms with Crippen LogP contribution in [0.5, 0.6) is 11.5 Å². The highest BCUT2D eigenvalue weighted by molar-refractivity contribution is 5.28. The van der Waals surface area contributed by atoms with Crippen LogP contribution in [0.3, 0.4) is 0 Å². The van der Waals surface area contributed by atoms with Gasteiger partial charge < -0.3 is 14.9 Å². The highest BCUT2D eigenvalue weighted by atomic mass is 16.5. The number of aliphatic hydroxyl groups is 1. The van der Waals surface area contributed by atoms with Gasteiger partial charge in [0.1, 0.15) is 18.0 Å². The van der Waals surface area contributed by atoms with Crippen LogP contribution in [-0.2, 0) is 0 Å². The predicted molar refractivity (Wildman–Crippen MR) is 75.9 cm³/mol. The Morgan fingerprint density at radius 2 is 1.65 bits per heavy atom. The van der Waals surface area contributed by atoms with Gasteiger partial charge in [0, 0.05) is 0 Å². The van der Waals surface area contributed by atoms with Crippen molar-refractivity contribution in [2.75, 3.05) is 0 Å². The van der Waals surface area contributed by atoms with Crippen molar-refractivity contribution in [2.24, 2.45) is 0 Å². The van der Waals surface area contributed by atoms with Gasteiger partial charge >= 0.3 is 0 Å². The Balaban J connectivity index is 2.14. The van der Waals surface area contributed by atoms with Crippen LogP contribution < -0.4 is 10.2 Å². The normalized spacial score (nSPS) is 13.5. The third-order valence-corrected chi connectivity index (χ3v) is 2.96. The number of aliphatic hydroxyl groups excluding tert-OH is 1. The van der Waals surface area contributed by atoms with Gasteiger partial charge in [-0.05, 0) is 36.8 Å². The van der Waals surface area contributed by atoms with Crippen LogP contribution >= 0.6 is 0 Å². The van der Waals surface area contributed by atoms with Crippen molar-refractivity contribution in [1.29, 1.82) is 0 Å². The lowest BCUT2D eigenvalue weighted by Crippen LogP contribution is -2.21. The molecule has 0 aliphatic carbocycles. The van der Waals surface area contributed by atoms with E-state index >= 15 is 0 Å². The Morgan fingerprint density at radius 3 is 2.35 bits per heavy atom. The number of ether oxygens (including phenoxy) is 1. The number of hydrogen-bond donors (Lipinski definition) is 2. The lowest BCUT2D eigenvalue weighted by atomic mass is 10.1. The standard InChI is InChI=1S/C16H16O4/c1-11(16(19)12-5-3-2-4-6-12)20-13-7-9-14(17)15(18)10-8-13/h2-11,16,19H,1H3,(H,17,18)/t11?,16-/m1/s1. The summed E-state index contributed by atoms with van der Waals surface area (Å²) in [5, 5.41) is 19.5. The molecule has 4 heteroatoms. The van der Waals surface area contributed by atoms with Gasteiger partial charge in [-0.25, -0.2) is 0 Å². The third kappa shape index (κ3) is 3.36. The van der Waals surface area contributed by atoms with E-state index in [0.29, 0.717) is 5.75 Å². The fraction of sp³-hybridized carbons (Fsp3) is 0.188. The molecule has 0 aliphatic rings. The molecule has 0 fully saturated rings. The van der Waals surface area contributed by atoms with Gasteiger partial charge in [0.15, 0.2) is 5.75 Å². The lowest BCUT2D eigenvalue weighted by molar-refractivity contribution is 0.0468. The lowest BCUT2D eigenvalue weighted by Gasteiger charge is -2.20. The van der Waals surface area contributed by atoms with Gasteiger partial charge in [-0.1, -0.05) is 30.3 Å². The zero-order chi connectivity index (χ0) is 14.5. The second-order valence-corrected chi connectivity index (χ2v) is 4.50. The monoisotopic (exact) mass is 272 g/mol. The maximum absolute atomic E-state index is 11.3. The van der Waals surface area contributed by atoms with E-state index in [4.69, 9.17) is 4.74 Å². The van der Waals surface area contributed by atoms with Crippen LogP contribution in [0.1, 0.15) is 18.6 Å². The predicted octanol–water partition coefficient (Wildman–Crippen LogP) is 2.25. The topological polar surface area (TPSA) is 66.8 Å². The minimum Gasteiger partial charge on any atom is -0.504 e. The smallest absolute Gasteiger partial charge is 0.220 e. The van der Waals surface area contributed by atoms with Crippen LogP contribution in [0.4, 0.5) is 0 Å². The fourth-order valence-electron chi connectivity index (χ4n) is 1.82. The zero-order valence-electron chi connectivity index (χ0n) is 11.1. The minimum atomic E-state index is -0.776. The quantitative estimate of drug-likeness (QED) is 0.896. The molecule has 1 unspecified atom stereocenters. The molecule has 2 aromatic rings. The van der Waals surface area contributed by atoms with Gasteiger partial charge in [0.05, 0.1) is 0 Å². The van der Waals surface area contributed by atoms with Crippen molar-refractivity contribution in [1.82, 2.24) is 0 Å². The van der Waals surface area contributed by atoms with E-state index in [0.717, 1.165) is 5.56 Å². The first-order chi connectivity index (χ1) is 9.58. The first kappa shape index (κ1) is 14.1. The molecule has 20 heavy (non-hydrogen) atoms. The Kier molecular flexibility index (Phi) is 4.38. The van der Waals surface area contributed by atoms with E-state index in [1.54, 1.807) is 6.92 Å². The van der Waals surface area contributed by atoms with Gasteiger partial charge in [-0.3, -0.25) is 4.79 Å². The average molecular weight is 272 g/mol. The SMILES string of the molecule is CC(Oc1ccc(O)c(=O)cc1)[C@@H](O)c1ccccc1. The van der Waals surface area contributed by atoms with Gasteiger partial charge in [-0.2, -0.15) is 0 Å². The fourth-order valence-corrected chi connectivity index (χ4v) is 1.82. The molecule has 0 saturated carbocycles. The molecule has 0 radical (unpaired) electrons. The molecule has 2 N–H and O–H groups in total. The molecule has 0 spiro atoms. The van der Waals surface area contributed by atoms with E-state index < -0.39 is 17.6 Å². The van der Waals surface area contributed by atoms with Crippen molar-refractivity contribution in [2.45, 2.75) is 19.1 Å². The summed E-state index contributed by atoms with van der Waals surface area (Å²) >= 11 is 0. The molecule has 0 bridgehead atoms. The van der Waals surface area contributed by atoms with Crippen LogP contribution in [0.25, 0.3) is 0 Å². The Bertz CT molecular complexity index is 625. The maximum atomic E-state index is 11.3. The minimum absolute atomic E-state index is 0.337. The molecular weight excluding hydrogens is 256 g/mol. The van der Waals surface area contributed by atoms with E-state index in [9.17, 15) is 15.0 Å². The molecule has 2 atom stereocenters. The third-order valence-electron chi connectivity index (χ3n) is 2.96. The second-order valence-electron chi connectivity index (χ2n) is 4.50. The summed E-state index contributed by atoms with van der Waals surface area (Å²) in [5.74, 6) is 0.0704. The van der Waals surface area contributed by atoms with Crippen LogP contribution in [-0.4, -0.2) is 16.3 Å². The summed E-state index contributed by atoms with van der Waals surface area (Å²) in [6.45, 7) is 1.74. The zero-order valence-corrected chi connectivity index (χ0v) is 11.1. The molecule has 0 heterocycles. The Morgan fingerprint density at radius 1 is 1.00 bits per heavy atom. The second kappa shape index (κ2) is 6.21. The van der Waals surface area contributed by atoms with Crippen LogP contribution in [0.2, 0.25) is 0 Å². The van der Waals surface area contributed by atoms with E-state index in [-0.39, 0.29) is 5.75 Å². The average Bonchev–Trinajstić information content (AvgIpc) is 2.63. The highest BCUT2D eigenvalue weighted by Crippen LogP contribution is 2.21. The van der Waals surface area contributed by atoms with Crippen molar-refractivity contribution in [3.63, 3.8) is 0 Å². The first-order valence-corrected chi connectivity index (χ1v) is 6.31. The van der Waals surface area contributed by atoms with Gasteiger partial charge in [0.25, 0.3) is 0 Å². The molecule has 104 valence electrons. The van der Waals surface area contributed by atoms with E-state index in [1.807, 2.05) is 30.3 Å².